The molecule has 2 heteroatoms. The average Bonchev–Trinajstić information content (AvgIpc) is 2.39. The zero-order chi connectivity index (χ0) is 13.3. The molecule has 0 spiro atoms. The van der Waals surface area contributed by atoms with Crippen LogP contribution in [0.4, 0.5) is 0 Å². The predicted octanol–water partition coefficient (Wildman–Crippen LogP) is 1.50. The molecule has 0 aliphatic carbocycles. The maximum Gasteiger partial charge on any atom is 1.00 e. The van der Waals surface area contributed by atoms with Gasteiger partial charge in [0.05, 0.1) is 0 Å². The molecule has 0 N–H and O–H groups in total. The van der Waals surface area contributed by atoms with Crippen molar-refractivity contribution in [2.24, 2.45) is 0 Å². The van der Waals surface area contributed by atoms with E-state index in [2.05, 4.69) is 13.8 Å². The summed E-state index contributed by atoms with van der Waals surface area (Å²) in [4.78, 5) is 0. The molecule has 0 unspecified atom stereocenters. The molecule has 0 saturated heterocycles. The Morgan fingerprint density at radius 2 is 0.500 bits per heavy atom. The van der Waals surface area contributed by atoms with Crippen molar-refractivity contribution in [3.63, 3.8) is 0 Å². The van der Waals surface area contributed by atoms with Crippen molar-refractivity contribution in [3.8, 4) is 0 Å². The van der Waals surface area contributed by atoms with E-state index in [1.165, 1.54) is 103 Å². The Morgan fingerprint density at radius 3 is 0.650 bits per heavy atom. The minimum atomic E-state index is 0. The Balaban J connectivity index is -0.000000241. The Kier molecular flexibility index (Phi) is 34.8. The molecule has 0 aromatic rings. The molecular weight excluding hydrogens is 262 g/mol. The second kappa shape index (κ2) is 25.9. The second-order valence-electron chi connectivity index (χ2n) is 5.95. The van der Waals surface area contributed by atoms with E-state index in [1.807, 2.05) is 0 Å². The zero-order valence-corrected chi connectivity index (χ0v) is 19.3. The van der Waals surface area contributed by atoms with Crippen LogP contribution in [0.5, 0.6) is 0 Å². The molecule has 0 radical (unpaired) electrons. The summed E-state index contributed by atoms with van der Waals surface area (Å²) < 4.78 is 0. The molecule has 0 aliphatic rings. The van der Waals surface area contributed by atoms with E-state index in [9.17, 15) is 0 Å². The number of rotatable bonds is 15. The van der Waals surface area contributed by atoms with Crippen LogP contribution in [0.25, 0.3) is 0 Å². The number of hydrogen-bond donors (Lipinski definition) is 0. The summed E-state index contributed by atoms with van der Waals surface area (Å²) in [7, 11) is 0. The molecule has 0 rings (SSSR count). The van der Waals surface area contributed by atoms with Gasteiger partial charge < -0.3 is 2.85 Å². The zero-order valence-electron chi connectivity index (χ0n) is 17.3. The van der Waals surface area contributed by atoms with Crippen LogP contribution in [0.3, 0.4) is 0 Å². The summed E-state index contributed by atoms with van der Waals surface area (Å²) in [5, 5.41) is 0. The quantitative estimate of drug-likeness (QED) is 0.318. The van der Waals surface area contributed by atoms with Crippen LogP contribution >= 0.6 is 0 Å². The van der Waals surface area contributed by atoms with Crippen molar-refractivity contribution in [2.75, 3.05) is 0 Å². The molecule has 0 atom stereocenters. The molecule has 0 bridgehead atoms. The summed E-state index contributed by atoms with van der Waals surface area (Å²) in [6, 6.07) is 0. The van der Waals surface area contributed by atoms with Gasteiger partial charge >= 0.3 is 59.1 Å². The van der Waals surface area contributed by atoms with Gasteiger partial charge in [0, 0.05) is 0 Å². The topological polar surface area (TPSA) is 0 Å². The Hall–Kier alpha value is 2.00. The van der Waals surface area contributed by atoms with Crippen LogP contribution in [0.2, 0.25) is 0 Å². The average molecular weight is 302 g/mol. The molecular formula is C18H40Na2. The summed E-state index contributed by atoms with van der Waals surface area (Å²) >= 11 is 0. The molecule has 0 heterocycles. The maximum absolute atomic E-state index is 2.29. The monoisotopic (exact) mass is 302 g/mol. The molecule has 0 fully saturated rings. The largest absolute Gasteiger partial charge is 1.00 e. The molecule has 0 aliphatic heterocycles. The van der Waals surface area contributed by atoms with E-state index in [0.29, 0.717) is 0 Å². The third-order valence-electron chi connectivity index (χ3n) is 3.96. The molecule has 20 heavy (non-hydrogen) atoms. The van der Waals surface area contributed by atoms with E-state index < -0.39 is 0 Å². The number of unbranched alkanes of at least 4 members (excludes halogenated alkanes) is 15. The molecule has 0 saturated carbocycles. The van der Waals surface area contributed by atoms with E-state index in [4.69, 9.17) is 0 Å². The summed E-state index contributed by atoms with van der Waals surface area (Å²) in [5.74, 6) is 0. The molecule has 114 valence electrons. The minimum Gasteiger partial charge on any atom is -1.00 e. The first kappa shape index (κ1) is 26.9. The van der Waals surface area contributed by atoms with Gasteiger partial charge in [-0.05, 0) is 0 Å². The van der Waals surface area contributed by atoms with Gasteiger partial charge in [0.2, 0.25) is 0 Å². The van der Waals surface area contributed by atoms with Crippen molar-refractivity contribution in [3.05, 3.63) is 0 Å². The second-order valence-corrected chi connectivity index (χ2v) is 5.95. The van der Waals surface area contributed by atoms with Crippen LogP contribution in [-0.2, 0) is 0 Å². The Labute approximate surface area is 177 Å². The number of hydrogen-bond acceptors (Lipinski definition) is 0. The van der Waals surface area contributed by atoms with Crippen molar-refractivity contribution in [1.29, 1.82) is 0 Å². The normalized spacial score (nSPS) is 9.90. The van der Waals surface area contributed by atoms with E-state index in [1.54, 1.807) is 0 Å². The fraction of sp³-hybridized carbons (Fsp3) is 1.00. The van der Waals surface area contributed by atoms with Crippen molar-refractivity contribution in [1.82, 2.24) is 0 Å². The van der Waals surface area contributed by atoms with Crippen LogP contribution < -0.4 is 59.1 Å². The molecule has 0 aromatic carbocycles. The van der Waals surface area contributed by atoms with Crippen LogP contribution in [0.1, 0.15) is 119 Å². The molecule has 0 amide bonds. The Bertz CT molecular complexity index is 131. The van der Waals surface area contributed by atoms with Gasteiger partial charge in [-0.2, -0.15) is 0 Å². The summed E-state index contributed by atoms with van der Waals surface area (Å²) in [5.41, 5.74) is 0. The van der Waals surface area contributed by atoms with Crippen LogP contribution in [0.15, 0.2) is 0 Å². The van der Waals surface area contributed by atoms with Gasteiger partial charge in [-0.15, -0.1) is 0 Å². The van der Waals surface area contributed by atoms with Gasteiger partial charge in [-0.1, -0.05) is 117 Å². The summed E-state index contributed by atoms with van der Waals surface area (Å²) in [6.07, 6.45) is 23.4. The van der Waals surface area contributed by atoms with Crippen molar-refractivity contribution >= 4 is 0 Å². The third kappa shape index (κ3) is 25.0. The summed E-state index contributed by atoms with van der Waals surface area (Å²) in [6.45, 7) is 4.59. The van der Waals surface area contributed by atoms with E-state index >= 15 is 0 Å². The van der Waals surface area contributed by atoms with Gasteiger partial charge in [-0.3, -0.25) is 0 Å². The third-order valence-corrected chi connectivity index (χ3v) is 3.96. The standard InChI is InChI=1S/C18H38.2Na.2H/c1-3-5-7-9-11-13-15-17-18-16-14-12-10-8-6-4-2;;;;/h3-18H2,1-2H3;;;;/q;2*+1;2*-1. The first-order valence-corrected chi connectivity index (χ1v) is 8.91. The van der Waals surface area contributed by atoms with Crippen molar-refractivity contribution in [2.45, 2.75) is 117 Å². The molecule has 0 aromatic heterocycles. The SMILES string of the molecule is CCCCCCCCCCCCCCCCCC.[H-].[H-].[Na+].[Na+]. The first-order chi connectivity index (χ1) is 8.91. The first-order valence-electron chi connectivity index (χ1n) is 8.91. The van der Waals surface area contributed by atoms with Gasteiger partial charge in [0.25, 0.3) is 0 Å². The smallest absolute Gasteiger partial charge is 1.00 e. The van der Waals surface area contributed by atoms with Crippen LogP contribution in [-0.4, -0.2) is 0 Å². The van der Waals surface area contributed by atoms with Crippen LogP contribution in [0, 0.1) is 0 Å². The van der Waals surface area contributed by atoms with Crippen molar-refractivity contribution < 1.29 is 62.0 Å². The fourth-order valence-electron chi connectivity index (χ4n) is 2.62. The van der Waals surface area contributed by atoms with E-state index in [0.717, 1.165) is 0 Å². The van der Waals surface area contributed by atoms with Gasteiger partial charge in [0.1, 0.15) is 0 Å². The predicted molar refractivity (Wildman–Crippen MR) is 87.4 cm³/mol. The molecule has 0 nitrogen and oxygen atoms in total. The Morgan fingerprint density at radius 1 is 0.350 bits per heavy atom. The van der Waals surface area contributed by atoms with E-state index in [-0.39, 0.29) is 62.0 Å². The minimum absolute atomic E-state index is 0. The van der Waals surface area contributed by atoms with Gasteiger partial charge in [0.15, 0.2) is 0 Å². The fourth-order valence-corrected chi connectivity index (χ4v) is 2.62. The van der Waals surface area contributed by atoms with Gasteiger partial charge in [-0.25, -0.2) is 0 Å². The maximum atomic E-state index is 2.29.